The van der Waals surface area contributed by atoms with Crippen molar-refractivity contribution in [2.75, 3.05) is 0 Å². The molecule has 0 aliphatic carbocycles. The van der Waals surface area contributed by atoms with Crippen molar-refractivity contribution in [3.8, 4) is 78.7 Å². The summed E-state index contributed by atoms with van der Waals surface area (Å²) in [5.74, 6) is 0.186. The minimum absolute atomic E-state index is 0. The fourth-order valence-electron chi connectivity index (χ4n) is 8.69. The van der Waals surface area contributed by atoms with Crippen LogP contribution < -0.4 is 0 Å². The van der Waals surface area contributed by atoms with Gasteiger partial charge in [-0.05, 0) is 111 Å². The molecular formula is C59H49N4OPt-. The van der Waals surface area contributed by atoms with E-state index in [0.29, 0.717) is 11.3 Å². The number of benzene rings is 6. The van der Waals surface area contributed by atoms with Crippen LogP contribution in [0.5, 0.6) is 5.75 Å². The number of aromatic nitrogens is 4. The summed E-state index contributed by atoms with van der Waals surface area (Å²) in [4.78, 5) is 14.8. The van der Waals surface area contributed by atoms with Crippen molar-refractivity contribution in [3.63, 3.8) is 0 Å². The number of rotatable bonds is 7. The Morgan fingerprint density at radius 3 is 1.89 bits per heavy atom. The zero-order valence-electron chi connectivity index (χ0n) is 37.4. The van der Waals surface area contributed by atoms with E-state index in [1.165, 1.54) is 16.5 Å². The zero-order valence-corrected chi connectivity index (χ0v) is 39.6. The fraction of sp³-hybridized carbons (Fsp3) is 0.136. The SMILES string of the molecule is CC(C)(C)c1cc(-c2cc(-c3[c-]c(-c4ncccc4-c4ccc5c(c4)c4ccccc4n5-c4cccc(-c5ccccn5)c4)ccc3)nc(-c3ccccc3O)c2)cc(C(C)(C)C)c1.[Pt]. The van der Waals surface area contributed by atoms with E-state index in [-0.39, 0.29) is 37.6 Å². The van der Waals surface area contributed by atoms with E-state index >= 15 is 0 Å². The van der Waals surface area contributed by atoms with Gasteiger partial charge in [0.15, 0.2) is 0 Å². The van der Waals surface area contributed by atoms with Crippen molar-refractivity contribution in [2.45, 2.75) is 52.4 Å². The van der Waals surface area contributed by atoms with E-state index in [2.05, 4.69) is 178 Å². The van der Waals surface area contributed by atoms with Gasteiger partial charge in [0.2, 0.25) is 0 Å². The summed E-state index contributed by atoms with van der Waals surface area (Å²) in [6.07, 6.45) is 3.69. The molecule has 0 radical (unpaired) electrons. The van der Waals surface area contributed by atoms with Crippen LogP contribution >= 0.6 is 0 Å². The third-order valence-corrected chi connectivity index (χ3v) is 12.2. The number of phenolic OH excluding ortho intramolecular Hbond substituents is 1. The Labute approximate surface area is 395 Å². The first-order chi connectivity index (χ1) is 30.9. The normalized spacial score (nSPS) is 11.8. The molecule has 0 saturated heterocycles. The van der Waals surface area contributed by atoms with E-state index in [1.807, 2.05) is 54.9 Å². The van der Waals surface area contributed by atoms with E-state index in [0.717, 1.165) is 78.1 Å². The molecule has 0 spiro atoms. The number of fused-ring (bicyclic) bond motifs is 3. The Bertz CT molecular complexity index is 3340. The number of phenols is 1. The first kappa shape index (κ1) is 43.3. The number of hydrogen-bond donors (Lipinski definition) is 1. The molecule has 10 rings (SSSR count). The minimum atomic E-state index is -0.0527. The van der Waals surface area contributed by atoms with Crippen LogP contribution in [0, 0.1) is 6.07 Å². The maximum Gasteiger partial charge on any atom is 0.124 e. The van der Waals surface area contributed by atoms with Gasteiger partial charge in [0, 0.05) is 72.4 Å². The summed E-state index contributed by atoms with van der Waals surface area (Å²) in [6.45, 7) is 13.6. The molecule has 0 unspecified atom stereocenters. The van der Waals surface area contributed by atoms with Crippen molar-refractivity contribution in [2.24, 2.45) is 0 Å². The van der Waals surface area contributed by atoms with Crippen molar-refractivity contribution in [3.05, 3.63) is 199 Å². The number of nitrogens with zero attached hydrogens (tertiary/aromatic N) is 4. The molecule has 10 aromatic rings. The molecular weight excluding hydrogens is 976 g/mol. The Balaban J connectivity index is 0.00000533. The largest absolute Gasteiger partial charge is 0.507 e. The zero-order chi connectivity index (χ0) is 44.2. The van der Waals surface area contributed by atoms with Gasteiger partial charge in [0.05, 0.1) is 22.4 Å². The summed E-state index contributed by atoms with van der Waals surface area (Å²) in [6, 6.07) is 62.6. The van der Waals surface area contributed by atoms with Gasteiger partial charge < -0.3 is 9.67 Å². The van der Waals surface area contributed by atoms with Crippen molar-refractivity contribution >= 4 is 21.8 Å². The third kappa shape index (κ3) is 8.45. The first-order valence-corrected chi connectivity index (χ1v) is 21.9. The molecule has 0 bridgehead atoms. The van der Waals surface area contributed by atoms with Gasteiger partial charge >= 0.3 is 0 Å². The molecule has 6 aromatic carbocycles. The first-order valence-electron chi connectivity index (χ1n) is 21.9. The maximum atomic E-state index is 11.1. The van der Waals surface area contributed by atoms with Gasteiger partial charge in [-0.25, -0.2) is 0 Å². The Morgan fingerprint density at radius 2 is 1.12 bits per heavy atom. The predicted molar refractivity (Wildman–Crippen MR) is 265 cm³/mol. The second-order valence-electron chi connectivity index (χ2n) is 18.7. The summed E-state index contributed by atoms with van der Waals surface area (Å²) < 4.78 is 2.34. The molecule has 322 valence electrons. The average molecular weight is 1030 g/mol. The van der Waals surface area contributed by atoms with E-state index in [9.17, 15) is 5.11 Å². The maximum absolute atomic E-state index is 11.1. The second kappa shape index (κ2) is 17.2. The number of pyridine rings is 3. The summed E-state index contributed by atoms with van der Waals surface area (Å²) in [5, 5.41) is 13.4. The summed E-state index contributed by atoms with van der Waals surface area (Å²) in [5.41, 5.74) is 16.6. The number of para-hydroxylation sites is 2. The van der Waals surface area contributed by atoms with E-state index in [1.54, 1.807) is 6.07 Å². The molecule has 1 N–H and O–H groups in total. The van der Waals surface area contributed by atoms with Gasteiger partial charge in [-0.1, -0.05) is 138 Å². The standard InChI is InChI=1S/C59H49N4O.Pt/c1-58(2,3)44-31-42(32-45(37-44)59(4,5)6)43-35-52(62-53(36-43)49-21-8-10-25-56(49)64)39-16-13-18-41(30-39)57-47(22-15-29-61-57)38-26-27-55-50(34-38)48-20-7-9-24-54(48)63(55)46-19-14-17-40(33-46)51-23-11-12-28-60-51;/h7-29,31-37,64H,1-6H3;/q-1;. The molecule has 0 amide bonds. The van der Waals surface area contributed by atoms with E-state index < -0.39 is 0 Å². The predicted octanol–water partition coefficient (Wildman–Crippen LogP) is 15.1. The smallest absolute Gasteiger partial charge is 0.124 e. The van der Waals surface area contributed by atoms with Crippen LogP contribution in [0.4, 0.5) is 0 Å². The van der Waals surface area contributed by atoms with Crippen LogP contribution in [-0.2, 0) is 31.9 Å². The molecule has 0 fully saturated rings. The summed E-state index contributed by atoms with van der Waals surface area (Å²) in [7, 11) is 0. The van der Waals surface area contributed by atoms with E-state index in [4.69, 9.17) is 9.97 Å². The molecule has 0 aliphatic rings. The Hall–Kier alpha value is -6.94. The minimum Gasteiger partial charge on any atom is -0.507 e. The number of hydrogen-bond acceptors (Lipinski definition) is 4. The molecule has 5 nitrogen and oxygen atoms in total. The van der Waals surface area contributed by atoms with Crippen LogP contribution in [-0.4, -0.2) is 24.6 Å². The monoisotopic (exact) mass is 1020 g/mol. The van der Waals surface area contributed by atoms with Crippen LogP contribution in [0.3, 0.4) is 0 Å². The van der Waals surface area contributed by atoms with Gasteiger partial charge in [0.1, 0.15) is 5.75 Å². The molecule has 4 aromatic heterocycles. The van der Waals surface area contributed by atoms with Crippen molar-refractivity contribution in [1.29, 1.82) is 0 Å². The molecule has 6 heteroatoms. The van der Waals surface area contributed by atoms with Crippen LogP contribution in [0.1, 0.15) is 52.7 Å². The Kier molecular flexibility index (Phi) is 11.5. The average Bonchev–Trinajstić information content (AvgIpc) is 3.65. The molecule has 0 atom stereocenters. The molecule has 65 heavy (non-hydrogen) atoms. The van der Waals surface area contributed by atoms with Crippen LogP contribution in [0.25, 0.3) is 94.8 Å². The molecule has 0 saturated carbocycles. The second-order valence-corrected chi connectivity index (χ2v) is 18.7. The molecule has 4 heterocycles. The van der Waals surface area contributed by atoms with Crippen molar-refractivity contribution < 1.29 is 26.2 Å². The quantitative estimate of drug-likeness (QED) is 0.162. The van der Waals surface area contributed by atoms with Gasteiger partial charge in [-0.2, -0.15) is 0 Å². The topological polar surface area (TPSA) is 63.8 Å². The van der Waals surface area contributed by atoms with Crippen LogP contribution in [0.2, 0.25) is 0 Å². The fourth-order valence-corrected chi connectivity index (χ4v) is 8.69. The molecule has 0 aliphatic heterocycles. The summed E-state index contributed by atoms with van der Waals surface area (Å²) >= 11 is 0. The van der Waals surface area contributed by atoms with Gasteiger partial charge in [-0.15, -0.1) is 24.3 Å². The van der Waals surface area contributed by atoms with Gasteiger partial charge in [-0.3, -0.25) is 15.0 Å². The van der Waals surface area contributed by atoms with Crippen LogP contribution in [0.15, 0.2) is 182 Å². The third-order valence-electron chi connectivity index (χ3n) is 12.2. The Morgan fingerprint density at radius 1 is 0.462 bits per heavy atom. The number of aromatic hydroxyl groups is 1. The van der Waals surface area contributed by atoms with Gasteiger partial charge in [0.25, 0.3) is 0 Å². The van der Waals surface area contributed by atoms with Crippen molar-refractivity contribution in [1.82, 2.24) is 19.5 Å².